The van der Waals surface area contributed by atoms with E-state index in [-0.39, 0.29) is 0 Å². The molecule has 120 valence electrons. The summed E-state index contributed by atoms with van der Waals surface area (Å²) in [6.07, 6.45) is 0.708. The summed E-state index contributed by atoms with van der Waals surface area (Å²) in [6, 6.07) is 14.3. The lowest BCUT2D eigenvalue weighted by molar-refractivity contribution is 0.00689. The summed E-state index contributed by atoms with van der Waals surface area (Å²) in [5, 5.41) is 0. The Morgan fingerprint density at radius 3 is 2.39 bits per heavy atom. The standard InChI is InChI=1S/C19H20O4/c1-19(2,3)23-18(21)15-9-10-16(12-20)17(11-15)22-13-14-7-5-4-6-8-14/h4-12H,13H2,1-3H3. The van der Waals surface area contributed by atoms with Crippen LogP contribution in [0.25, 0.3) is 0 Å². The molecule has 0 aliphatic carbocycles. The first-order valence-electron chi connectivity index (χ1n) is 7.38. The van der Waals surface area contributed by atoms with Gasteiger partial charge in [0, 0.05) is 0 Å². The molecule has 0 amide bonds. The Hall–Kier alpha value is -2.62. The van der Waals surface area contributed by atoms with Crippen molar-refractivity contribution in [1.29, 1.82) is 0 Å². The van der Waals surface area contributed by atoms with Crippen LogP contribution < -0.4 is 4.74 Å². The van der Waals surface area contributed by atoms with E-state index in [0.29, 0.717) is 29.8 Å². The smallest absolute Gasteiger partial charge is 0.338 e. The van der Waals surface area contributed by atoms with E-state index < -0.39 is 11.6 Å². The Kier molecular flexibility index (Phi) is 5.16. The summed E-state index contributed by atoms with van der Waals surface area (Å²) in [4.78, 5) is 23.3. The molecule has 0 atom stereocenters. The van der Waals surface area contributed by atoms with Gasteiger partial charge in [0.05, 0.1) is 11.1 Å². The van der Waals surface area contributed by atoms with E-state index in [1.165, 1.54) is 0 Å². The van der Waals surface area contributed by atoms with Crippen LogP contribution in [0.3, 0.4) is 0 Å². The molecule has 0 fully saturated rings. The van der Waals surface area contributed by atoms with E-state index in [0.717, 1.165) is 5.56 Å². The van der Waals surface area contributed by atoms with Crippen LogP contribution >= 0.6 is 0 Å². The average molecular weight is 312 g/mol. The van der Waals surface area contributed by atoms with Gasteiger partial charge in [0.1, 0.15) is 18.0 Å². The highest BCUT2D eigenvalue weighted by molar-refractivity contribution is 5.92. The molecule has 0 radical (unpaired) electrons. The Bertz CT molecular complexity index is 684. The maximum atomic E-state index is 12.1. The molecule has 0 spiro atoms. The van der Waals surface area contributed by atoms with Crippen LogP contribution in [0.1, 0.15) is 47.1 Å². The van der Waals surface area contributed by atoms with Crippen molar-refractivity contribution in [1.82, 2.24) is 0 Å². The maximum absolute atomic E-state index is 12.1. The van der Waals surface area contributed by atoms with Gasteiger partial charge in [0.15, 0.2) is 6.29 Å². The number of ether oxygens (including phenoxy) is 2. The Morgan fingerprint density at radius 2 is 1.78 bits per heavy atom. The molecule has 0 unspecified atom stereocenters. The predicted octanol–water partition coefficient (Wildman–Crippen LogP) is 4.03. The minimum atomic E-state index is -0.578. The molecular formula is C19H20O4. The van der Waals surface area contributed by atoms with Gasteiger partial charge in [-0.05, 0) is 44.5 Å². The molecular weight excluding hydrogens is 292 g/mol. The van der Waals surface area contributed by atoms with Gasteiger partial charge >= 0.3 is 5.97 Å². The van der Waals surface area contributed by atoms with Crippen molar-refractivity contribution >= 4 is 12.3 Å². The number of carbonyl (C=O) groups is 2. The SMILES string of the molecule is CC(C)(C)OC(=O)c1ccc(C=O)c(OCc2ccccc2)c1. The minimum Gasteiger partial charge on any atom is -0.488 e. The summed E-state index contributed by atoms with van der Waals surface area (Å²) >= 11 is 0. The third-order valence-electron chi connectivity index (χ3n) is 3.01. The lowest BCUT2D eigenvalue weighted by Crippen LogP contribution is -2.23. The predicted molar refractivity (Wildman–Crippen MR) is 87.8 cm³/mol. The van der Waals surface area contributed by atoms with Crippen LogP contribution in [-0.4, -0.2) is 17.9 Å². The highest BCUT2D eigenvalue weighted by Gasteiger charge is 2.19. The van der Waals surface area contributed by atoms with Gasteiger partial charge in [-0.25, -0.2) is 4.79 Å². The largest absolute Gasteiger partial charge is 0.488 e. The van der Waals surface area contributed by atoms with Crippen LogP contribution in [-0.2, 0) is 11.3 Å². The van der Waals surface area contributed by atoms with Crippen molar-refractivity contribution in [2.45, 2.75) is 33.0 Å². The number of hydrogen-bond acceptors (Lipinski definition) is 4. The molecule has 0 saturated carbocycles. The lowest BCUT2D eigenvalue weighted by atomic mass is 10.1. The van der Waals surface area contributed by atoms with Gasteiger partial charge < -0.3 is 9.47 Å². The van der Waals surface area contributed by atoms with Gasteiger partial charge in [-0.1, -0.05) is 30.3 Å². The monoisotopic (exact) mass is 312 g/mol. The molecule has 23 heavy (non-hydrogen) atoms. The molecule has 0 aliphatic rings. The fourth-order valence-corrected chi connectivity index (χ4v) is 1.96. The summed E-state index contributed by atoms with van der Waals surface area (Å²) in [6.45, 7) is 5.73. The molecule has 0 aromatic heterocycles. The van der Waals surface area contributed by atoms with E-state index in [9.17, 15) is 9.59 Å². The number of carbonyl (C=O) groups excluding carboxylic acids is 2. The number of benzene rings is 2. The van der Waals surface area contributed by atoms with Crippen molar-refractivity contribution in [3.05, 3.63) is 65.2 Å². The normalized spacial score (nSPS) is 10.9. The van der Waals surface area contributed by atoms with Crippen molar-refractivity contribution < 1.29 is 19.1 Å². The molecule has 4 nitrogen and oxygen atoms in total. The van der Waals surface area contributed by atoms with Gasteiger partial charge in [0.25, 0.3) is 0 Å². The molecule has 0 bridgehead atoms. The quantitative estimate of drug-likeness (QED) is 0.618. The molecule has 0 N–H and O–H groups in total. The van der Waals surface area contributed by atoms with Crippen molar-refractivity contribution in [3.63, 3.8) is 0 Å². The second-order valence-electron chi connectivity index (χ2n) is 6.15. The molecule has 2 aromatic carbocycles. The first kappa shape index (κ1) is 16.7. The minimum absolute atomic E-state index is 0.319. The molecule has 2 rings (SSSR count). The highest BCUT2D eigenvalue weighted by atomic mass is 16.6. The fourth-order valence-electron chi connectivity index (χ4n) is 1.96. The molecule has 4 heteroatoms. The van der Waals surface area contributed by atoms with Crippen molar-refractivity contribution in [2.24, 2.45) is 0 Å². The van der Waals surface area contributed by atoms with Gasteiger partial charge in [-0.3, -0.25) is 4.79 Å². The van der Waals surface area contributed by atoms with E-state index in [1.54, 1.807) is 39.0 Å². The van der Waals surface area contributed by atoms with Gasteiger partial charge in [-0.2, -0.15) is 0 Å². The van der Waals surface area contributed by atoms with E-state index in [2.05, 4.69) is 0 Å². The average Bonchev–Trinajstić information content (AvgIpc) is 2.52. The van der Waals surface area contributed by atoms with Crippen LogP contribution in [0.5, 0.6) is 5.75 Å². The highest BCUT2D eigenvalue weighted by Crippen LogP contribution is 2.22. The second kappa shape index (κ2) is 7.09. The van der Waals surface area contributed by atoms with Crippen LogP contribution in [0.4, 0.5) is 0 Å². The Balaban J connectivity index is 2.18. The third-order valence-corrected chi connectivity index (χ3v) is 3.01. The van der Waals surface area contributed by atoms with E-state index in [1.807, 2.05) is 30.3 Å². The number of rotatable bonds is 5. The molecule has 0 heterocycles. The molecule has 0 aliphatic heterocycles. The summed E-state index contributed by atoms with van der Waals surface area (Å²) in [5.74, 6) is -0.0771. The number of hydrogen-bond donors (Lipinski definition) is 0. The van der Waals surface area contributed by atoms with Gasteiger partial charge in [-0.15, -0.1) is 0 Å². The summed E-state index contributed by atoms with van der Waals surface area (Å²) in [7, 11) is 0. The molecule has 2 aromatic rings. The Morgan fingerprint density at radius 1 is 1.09 bits per heavy atom. The van der Waals surface area contributed by atoms with Crippen LogP contribution in [0, 0.1) is 0 Å². The molecule has 0 saturated heterocycles. The Labute approximate surface area is 136 Å². The zero-order valence-corrected chi connectivity index (χ0v) is 13.5. The van der Waals surface area contributed by atoms with E-state index >= 15 is 0 Å². The summed E-state index contributed by atoms with van der Waals surface area (Å²) < 4.78 is 11.0. The van der Waals surface area contributed by atoms with Crippen LogP contribution in [0.2, 0.25) is 0 Å². The number of esters is 1. The van der Waals surface area contributed by atoms with Gasteiger partial charge in [0.2, 0.25) is 0 Å². The van der Waals surface area contributed by atoms with E-state index in [4.69, 9.17) is 9.47 Å². The first-order valence-corrected chi connectivity index (χ1v) is 7.38. The van der Waals surface area contributed by atoms with Crippen LogP contribution in [0.15, 0.2) is 48.5 Å². The lowest BCUT2D eigenvalue weighted by Gasteiger charge is -2.19. The maximum Gasteiger partial charge on any atom is 0.338 e. The second-order valence-corrected chi connectivity index (χ2v) is 6.15. The van der Waals surface area contributed by atoms with Crippen molar-refractivity contribution in [2.75, 3.05) is 0 Å². The zero-order chi connectivity index (χ0) is 16.9. The third kappa shape index (κ3) is 4.95. The topological polar surface area (TPSA) is 52.6 Å². The zero-order valence-electron chi connectivity index (χ0n) is 13.5. The first-order chi connectivity index (χ1) is 10.9. The fraction of sp³-hybridized carbons (Fsp3) is 0.263. The van der Waals surface area contributed by atoms with Crippen molar-refractivity contribution in [3.8, 4) is 5.75 Å². The summed E-state index contributed by atoms with van der Waals surface area (Å²) in [5.41, 5.74) is 1.15. The number of aldehydes is 1.